The number of benzene rings is 2. The van der Waals surface area contributed by atoms with Gasteiger partial charge in [0, 0.05) is 23.6 Å². The summed E-state index contributed by atoms with van der Waals surface area (Å²) in [6.07, 6.45) is 3.08. The molecule has 0 amide bonds. The van der Waals surface area contributed by atoms with Crippen molar-refractivity contribution in [3.8, 4) is 0 Å². The molecule has 102 valence electrons. The Labute approximate surface area is 119 Å². The molecule has 0 spiro atoms. The lowest BCUT2D eigenvalue weighted by Gasteiger charge is -2.04. The highest BCUT2D eigenvalue weighted by atomic mass is 14.8. The smallest absolute Gasteiger partial charge is 0.0460 e. The Morgan fingerprint density at radius 3 is 2.50 bits per heavy atom. The zero-order chi connectivity index (χ0) is 13.9. The number of aromatic nitrogens is 1. The Bertz CT molecular complexity index is 708. The fourth-order valence-corrected chi connectivity index (χ4v) is 2.62. The van der Waals surface area contributed by atoms with Crippen molar-refractivity contribution >= 4 is 10.9 Å². The molecule has 0 saturated carbocycles. The van der Waals surface area contributed by atoms with Crippen molar-refractivity contribution in [2.45, 2.75) is 19.9 Å². The Morgan fingerprint density at radius 1 is 1.00 bits per heavy atom. The second-order valence-corrected chi connectivity index (χ2v) is 5.39. The molecular formula is C18H20N2. The van der Waals surface area contributed by atoms with Crippen LogP contribution in [-0.2, 0) is 13.0 Å². The molecule has 0 saturated heterocycles. The minimum absolute atomic E-state index is 0.900. The van der Waals surface area contributed by atoms with Gasteiger partial charge in [0.15, 0.2) is 0 Å². The van der Waals surface area contributed by atoms with Gasteiger partial charge in [-0.25, -0.2) is 0 Å². The lowest BCUT2D eigenvalue weighted by atomic mass is 10.0. The summed E-state index contributed by atoms with van der Waals surface area (Å²) in [5.41, 5.74) is 6.56. The van der Waals surface area contributed by atoms with Crippen LogP contribution in [0, 0.1) is 6.92 Å². The summed E-state index contributed by atoms with van der Waals surface area (Å²) < 4.78 is 0. The Kier molecular flexibility index (Phi) is 3.57. The fourth-order valence-electron chi connectivity index (χ4n) is 2.62. The van der Waals surface area contributed by atoms with Crippen LogP contribution in [0.5, 0.6) is 0 Å². The second-order valence-electron chi connectivity index (χ2n) is 5.39. The molecule has 0 bridgehead atoms. The number of H-pyrrole nitrogens is 1. The van der Waals surface area contributed by atoms with E-state index < -0.39 is 0 Å². The van der Waals surface area contributed by atoms with E-state index in [1.54, 1.807) is 0 Å². The monoisotopic (exact) mass is 264 g/mol. The number of aryl methyl sites for hydroxylation is 1. The lowest BCUT2D eigenvalue weighted by Crippen LogP contribution is -2.03. The molecule has 2 aromatic carbocycles. The number of rotatable bonds is 4. The first-order chi connectivity index (χ1) is 9.76. The molecule has 0 radical (unpaired) electrons. The van der Waals surface area contributed by atoms with Crippen LogP contribution in [0.15, 0.2) is 48.7 Å². The highest BCUT2D eigenvalue weighted by Crippen LogP contribution is 2.21. The molecule has 0 atom stereocenters. The average molecular weight is 264 g/mol. The molecule has 0 unspecified atom stereocenters. The van der Waals surface area contributed by atoms with Crippen molar-refractivity contribution in [1.82, 2.24) is 10.3 Å². The molecule has 1 heterocycles. The first-order valence-electron chi connectivity index (χ1n) is 7.05. The van der Waals surface area contributed by atoms with E-state index in [4.69, 9.17) is 0 Å². The van der Waals surface area contributed by atoms with Gasteiger partial charge in [-0.1, -0.05) is 42.0 Å². The van der Waals surface area contributed by atoms with Gasteiger partial charge in [0.05, 0.1) is 0 Å². The van der Waals surface area contributed by atoms with Crippen molar-refractivity contribution in [3.63, 3.8) is 0 Å². The summed E-state index contributed by atoms with van der Waals surface area (Å²) in [6.45, 7) is 3.02. The van der Waals surface area contributed by atoms with Crippen molar-refractivity contribution < 1.29 is 0 Å². The molecule has 0 aliphatic rings. The van der Waals surface area contributed by atoms with Gasteiger partial charge in [-0.3, -0.25) is 0 Å². The quantitative estimate of drug-likeness (QED) is 0.737. The van der Waals surface area contributed by atoms with Crippen LogP contribution in [0.1, 0.15) is 22.3 Å². The van der Waals surface area contributed by atoms with Crippen LogP contribution in [0.3, 0.4) is 0 Å². The van der Waals surface area contributed by atoms with E-state index in [0.29, 0.717) is 0 Å². The molecule has 20 heavy (non-hydrogen) atoms. The minimum Gasteiger partial charge on any atom is -0.361 e. The van der Waals surface area contributed by atoms with Crippen LogP contribution >= 0.6 is 0 Å². The van der Waals surface area contributed by atoms with Crippen LogP contribution in [0.2, 0.25) is 0 Å². The minimum atomic E-state index is 0.900. The van der Waals surface area contributed by atoms with E-state index in [9.17, 15) is 0 Å². The molecule has 0 fully saturated rings. The van der Waals surface area contributed by atoms with Crippen LogP contribution in [0.25, 0.3) is 10.9 Å². The maximum absolute atomic E-state index is 3.37. The molecule has 3 rings (SSSR count). The Hall–Kier alpha value is -2.06. The highest BCUT2D eigenvalue weighted by molar-refractivity contribution is 5.83. The Morgan fingerprint density at radius 2 is 1.75 bits per heavy atom. The summed E-state index contributed by atoms with van der Waals surface area (Å²) in [7, 11) is 1.98. The standard InChI is InChI=1S/C18H20N2/c1-13-3-5-14(6-4-13)9-15-7-8-17-16(11-19-2)12-20-18(17)10-15/h3-8,10,12,19-20H,9,11H2,1-2H3. The van der Waals surface area contributed by atoms with E-state index in [1.165, 1.54) is 33.2 Å². The third-order valence-electron chi connectivity index (χ3n) is 3.73. The van der Waals surface area contributed by atoms with Gasteiger partial charge in [0.1, 0.15) is 0 Å². The normalized spacial score (nSPS) is 11.1. The number of nitrogens with one attached hydrogen (secondary N) is 2. The number of hydrogen-bond donors (Lipinski definition) is 2. The predicted octanol–water partition coefficient (Wildman–Crippen LogP) is 3.79. The molecule has 2 N–H and O–H groups in total. The largest absolute Gasteiger partial charge is 0.361 e. The van der Waals surface area contributed by atoms with Gasteiger partial charge in [0.2, 0.25) is 0 Å². The molecule has 0 aliphatic carbocycles. The predicted molar refractivity (Wildman–Crippen MR) is 85.0 cm³/mol. The average Bonchev–Trinajstić information content (AvgIpc) is 2.85. The maximum Gasteiger partial charge on any atom is 0.0460 e. The van der Waals surface area contributed by atoms with E-state index in [0.717, 1.165) is 13.0 Å². The lowest BCUT2D eigenvalue weighted by molar-refractivity contribution is 0.823. The Balaban J connectivity index is 1.87. The summed E-state index contributed by atoms with van der Waals surface area (Å²) in [6, 6.07) is 15.5. The summed E-state index contributed by atoms with van der Waals surface area (Å²) in [5, 5.41) is 4.51. The van der Waals surface area contributed by atoms with Crippen LogP contribution in [0.4, 0.5) is 0 Å². The van der Waals surface area contributed by atoms with E-state index in [1.807, 2.05) is 7.05 Å². The molecule has 3 aromatic rings. The van der Waals surface area contributed by atoms with Crippen LogP contribution < -0.4 is 5.32 Å². The number of fused-ring (bicyclic) bond motifs is 1. The van der Waals surface area contributed by atoms with E-state index >= 15 is 0 Å². The van der Waals surface area contributed by atoms with E-state index in [-0.39, 0.29) is 0 Å². The zero-order valence-corrected chi connectivity index (χ0v) is 12.0. The molecule has 2 heteroatoms. The van der Waals surface area contributed by atoms with Crippen LogP contribution in [-0.4, -0.2) is 12.0 Å². The molecule has 2 nitrogen and oxygen atoms in total. The van der Waals surface area contributed by atoms with Crippen molar-refractivity contribution in [2.24, 2.45) is 0 Å². The SMILES string of the molecule is CNCc1c[nH]c2cc(Cc3ccc(C)cc3)ccc12. The van der Waals surface area contributed by atoms with Gasteiger partial charge < -0.3 is 10.3 Å². The molecular weight excluding hydrogens is 244 g/mol. The fraction of sp³-hybridized carbons (Fsp3) is 0.222. The first kappa shape index (κ1) is 12.9. The van der Waals surface area contributed by atoms with E-state index in [2.05, 4.69) is 65.9 Å². The van der Waals surface area contributed by atoms with Gasteiger partial charge in [-0.05, 0) is 43.1 Å². The van der Waals surface area contributed by atoms with Crippen molar-refractivity contribution in [3.05, 3.63) is 70.9 Å². The van der Waals surface area contributed by atoms with Gasteiger partial charge in [-0.2, -0.15) is 0 Å². The second kappa shape index (κ2) is 5.51. The number of hydrogen-bond acceptors (Lipinski definition) is 1. The van der Waals surface area contributed by atoms with Gasteiger partial charge in [0.25, 0.3) is 0 Å². The van der Waals surface area contributed by atoms with Crippen molar-refractivity contribution in [1.29, 1.82) is 0 Å². The van der Waals surface area contributed by atoms with Gasteiger partial charge in [-0.15, -0.1) is 0 Å². The maximum atomic E-state index is 3.37. The first-order valence-corrected chi connectivity index (χ1v) is 7.05. The highest BCUT2D eigenvalue weighted by Gasteiger charge is 2.04. The summed E-state index contributed by atoms with van der Waals surface area (Å²) in [4.78, 5) is 3.37. The van der Waals surface area contributed by atoms with Crippen molar-refractivity contribution in [2.75, 3.05) is 7.05 Å². The third-order valence-corrected chi connectivity index (χ3v) is 3.73. The zero-order valence-electron chi connectivity index (χ0n) is 12.0. The summed E-state index contributed by atoms with van der Waals surface area (Å²) >= 11 is 0. The molecule has 1 aromatic heterocycles. The number of aromatic amines is 1. The summed E-state index contributed by atoms with van der Waals surface area (Å²) in [5.74, 6) is 0. The topological polar surface area (TPSA) is 27.8 Å². The van der Waals surface area contributed by atoms with Gasteiger partial charge >= 0.3 is 0 Å². The molecule has 0 aliphatic heterocycles. The third kappa shape index (κ3) is 2.61.